The number of hydrogen-bond donors (Lipinski definition) is 2. The fourth-order valence-electron chi connectivity index (χ4n) is 1.34. The molecular weight excluding hydrogens is 279 g/mol. The molecule has 0 atom stereocenters. The number of aromatic nitrogens is 1. The maximum Gasteiger partial charge on any atom is 0.573 e. The third-order valence-corrected chi connectivity index (χ3v) is 1.99. The first-order valence-electron chi connectivity index (χ1n) is 4.64. The van der Waals surface area contributed by atoms with Gasteiger partial charge in [-0.1, -0.05) is 0 Å². The highest BCUT2D eigenvalue weighted by molar-refractivity contribution is 5.73. The molecule has 0 aliphatic rings. The molecule has 0 aliphatic carbocycles. The Morgan fingerprint density at radius 1 is 1.47 bits per heavy atom. The molecule has 1 aromatic rings. The predicted molar refractivity (Wildman–Crippen MR) is 51.6 cm³/mol. The second-order valence-electron chi connectivity index (χ2n) is 3.32. The number of anilines is 1. The van der Waals surface area contributed by atoms with Crippen molar-refractivity contribution in [2.45, 2.75) is 19.2 Å². The number of carboxylic acid groups (broad SMARTS) is 1. The lowest BCUT2D eigenvalue weighted by Gasteiger charge is -2.16. The standard InChI is InChI=1S/C9H7F5N2O3/c10-7(11)6-3(1-5(17)18)8(15)16-2-4(6)19-9(12,13)14/h2,7H,1H2,(H2,15,16)(H,17,18). The lowest BCUT2D eigenvalue weighted by molar-refractivity contribution is -0.275. The minimum absolute atomic E-state index is 0.371. The number of nitrogens with zero attached hydrogens (tertiary/aromatic N) is 1. The fourth-order valence-corrected chi connectivity index (χ4v) is 1.34. The lowest BCUT2D eigenvalue weighted by Crippen LogP contribution is -2.20. The van der Waals surface area contributed by atoms with E-state index >= 15 is 0 Å². The molecule has 0 aliphatic heterocycles. The fraction of sp³-hybridized carbons (Fsp3) is 0.333. The lowest BCUT2D eigenvalue weighted by atomic mass is 10.1. The summed E-state index contributed by atoms with van der Waals surface area (Å²) >= 11 is 0. The highest BCUT2D eigenvalue weighted by Gasteiger charge is 2.35. The Hall–Kier alpha value is -2.13. The molecule has 5 nitrogen and oxygen atoms in total. The second kappa shape index (κ2) is 5.24. The molecule has 3 N–H and O–H groups in total. The number of nitrogen functional groups attached to an aromatic ring is 1. The molecule has 1 aromatic heterocycles. The molecule has 0 unspecified atom stereocenters. The Morgan fingerprint density at radius 2 is 2.05 bits per heavy atom. The maximum atomic E-state index is 12.8. The molecule has 106 valence electrons. The predicted octanol–water partition coefficient (Wildman–Crippen LogP) is 2.13. The van der Waals surface area contributed by atoms with Gasteiger partial charge in [-0.15, -0.1) is 13.2 Å². The van der Waals surface area contributed by atoms with Gasteiger partial charge < -0.3 is 15.6 Å². The third kappa shape index (κ3) is 3.93. The highest BCUT2D eigenvalue weighted by Crippen LogP contribution is 2.37. The van der Waals surface area contributed by atoms with Crippen LogP contribution < -0.4 is 10.5 Å². The van der Waals surface area contributed by atoms with Crippen LogP contribution in [0.4, 0.5) is 27.8 Å². The molecule has 0 radical (unpaired) electrons. The van der Waals surface area contributed by atoms with Gasteiger partial charge in [-0.05, 0) is 0 Å². The van der Waals surface area contributed by atoms with E-state index in [2.05, 4.69) is 9.72 Å². The van der Waals surface area contributed by atoms with Crippen molar-refractivity contribution in [2.24, 2.45) is 0 Å². The van der Waals surface area contributed by atoms with Crippen molar-refractivity contribution in [3.05, 3.63) is 17.3 Å². The third-order valence-electron chi connectivity index (χ3n) is 1.99. The minimum Gasteiger partial charge on any atom is -0.481 e. The number of aliphatic carboxylic acids is 1. The topological polar surface area (TPSA) is 85.4 Å². The molecule has 10 heteroatoms. The summed E-state index contributed by atoms with van der Waals surface area (Å²) in [4.78, 5) is 13.7. The summed E-state index contributed by atoms with van der Waals surface area (Å²) in [5, 5.41) is 8.53. The highest BCUT2D eigenvalue weighted by atomic mass is 19.4. The normalized spacial score (nSPS) is 11.7. The zero-order chi connectivity index (χ0) is 14.8. The van der Waals surface area contributed by atoms with E-state index in [4.69, 9.17) is 10.8 Å². The van der Waals surface area contributed by atoms with E-state index in [1.807, 2.05) is 0 Å². The number of nitrogens with two attached hydrogens (primary N) is 1. The second-order valence-corrected chi connectivity index (χ2v) is 3.32. The molecule has 0 bridgehead atoms. The molecule has 19 heavy (non-hydrogen) atoms. The molecule has 1 heterocycles. The van der Waals surface area contributed by atoms with Crippen LogP contribution in [0.15, 0.2) is 6.20 Å². The van der Waals surface area contributed by atoms with Gasteiger partial charge >= 0.3 is 12.3 Å². The summed E-state index contributed by atoms with van der Waals surface area (Å²) in [6.45, 7) is 0. The van der Waals surface area contributed by atoms with Crippen molar-refractivity contribution in [3.63, 3.8) is 0 Å². The maximum absolute atomic E-state index is 12.8. The summed E-state index contributed by atoms with van der Waals surface area (Å²) in [6, 6.07) is 0. The SMILES string of the molecule is Nc1ncc(OC(F)(F)F)c(C(F)F)c1CC(=O)O. The van der Waals surface area contributed by atoms with Gasteiger partial charge in [-0.25, -0.2) is 13.8 Å². The molecule has 0 amide bonds. The van der Waals surface area contributed by atoms with Gasteiger partial charge in [0.1, 0.15) is 5.82 Å². The Balaban J connectivity index is 3.36. The van der Waals surface area contributed by atoms with E-state index in [-0.39, 0.29) is 0 Å². The number of ether oxygens (including phenoxy) is 1. The molecule has 0 saturated carbocycles. The Bertz CT molecular complexity index is 489. The first kappa shape index (κ1) is 14.9. The first-order chi connectivity index (χ1) is 8.61. The zero-order valence-corrected chi connectivity index (χ0v) is 9.04. The van der Waals surface area contributed by atoms with Crippen LogP contribution in [0.2, 0.25) is 0 Å². The van der Waals surface area contributed by atoms with Crippen LogP contribution in [-0.2, 0) is 11.2 Å². The van der Waals surface area contributed by atoms with Crippen molar-refractivity contribution in [2.75, 3.05) is 5.73 Å². The number of pyridine rings is 1. The largest absolute Gasteiger partial charge is 0.573 e. The van der Waals surface area contributed by atoms with Gasteiger partial charge in [-0.2, -0.15) is 0 Å². The van der Waals surface area contributed by atoms with Gasteiger partial charge in [0, 0.05) is 5.56 Å². The van der Waals surface area contributed by atoms with E-state index in [9.17, 15) is 26.7 Å². The summed E-state index contributed by atoms with van der Waals surface area (Å²) < 4.78 is 65.0. The van der Waals surface area contributed by atoms with Crippen LogP contribution in [0.5, 0.6) is 5.75 Å². The van der Waals surface area contributed by atoms with E-state index in [0.717, 1.165) is 0 Å². The number of alkyl halides is 5. The number of carboxylic acids is 1. The molecule has 0 fully saturated rings. The molecule has 0 saturated heterocycles. The van der Waals surface area contributed by atoms with Crippen LogP contribution in [0, 0.1) is 0 Å². The quantitative estimate of drug-likeness (QED) is 0.828. The van der Waals surface area contributed by atoms with E-state index < -0.39 is 47.9 Å². The van der Waals surface area contributed by atoms with Gasteiger partial charge in [0.15, 0.2) is 5.75 Å². The summed E-state index contributed by atoms with van der Waals surface area (Å²) in [7, 11) is 0. The van der Waals surface area contributed by atoms with Crippen molar-refractivity contribution >= 4 is 11.8 Å². The van der Waals surface area contributed by atoms with Gasteiger partial charge in [0.25, 0.3) is 6.43 Å². The Kier molecular flexibility index (Phi) is 4.12. The molecule has 0 spiro atoms. The monoisotopic (exact) mass is 286 g/mol. The summed E-state index contributed by atoms with van der Waals surface area (Å²) in [5.41, 5.74) is 3.26. The summed E-state index contributed by atoms with van der Waals surface area (Å²) in [5.74, 6) is -3.40. The van der Waals surface area contributed by atoms with E-state index in [1.54, 1.807) is 0 Å². The Labute approximate surface area is 102 Å². The van der Waals surface area contributed by atoms with E-state index in [1.165, 1.54) is 0 Å². The van der Waals surface area contributed by atoms with Crippen LogP contribution >= 0.6 is 0 Å². The number of halogens is 5. The smallest absolute Gasteiger partial charge is 0.481 e. The molecule has 0 aromatic carbocycles. The van der Waals surface area contributed by atoms with Crippen LogP contribution in [0.1, 0.15) is 17.6 Å². The average Bonchev–Trinajstić information content (AvgIpc) is 2.19. The van der Waals surface area contributed by atoms with Crippen molar-refractivity contribution < 1.29 is 36.6 Å². The van der Waals surface area contributed by atoms with Crippen molar-refractivity contribution in [1.82, 2.24) is 4.98 Å². The van der Waals surface area contributed by atoms with Crippen LogP contribution in [0.25, 0.3) is 0 Å². The molecular formula is C9H7F5N2O3. The van der Waals surface area contributed by atoms with Crippen LogP contribution in [-0.4, -0.2) is 22.4 Å². The van der Waals surface area contributed by atoms with Crippen molar-refractivity contribution in [1.29, 1.82) is 0 Å². The zero-order valence-electron chi connectivity index (χ0n) is 9.04. The van der Waals surface area contributed by atoms with E-state index in [0.29, 0.717) is 6.20 Å². The Morgan fingerprint density at radius 3 is 2.47 bits per heavy atom. The van der Waals surface area contributed by atoms with Crippen molar-refractivity contribution in [3.8, 4) is 5.75 Å². The van der Waals surface area contributed by atoms with Crippen LogP contribution in [0.3, 0.4) is 0 Å². The number of carbonyl (C=O) groups is 1. The minimum atomic E-state index is -5.21. The average molecular weight is 286 g/mol. The molecule has 1 rings (SSSR count). The van der Waals surface area contributed by atoms with Gasteiger partial charge in [-0.3, -0.25) is 4.79 Å². The first-order valence-corrected chi connectivity index (χ1v) is 4.64. The van der Waals surface area contributed by atoms with Gasteiger partial charge in [0.05, 0.1) is 18.2 Å². The number of hydrogen-bond acceptors (Lipinski definition) is 4. The van der Waals surface area contributed by atoms with Gasteiger partial charge in [0.2, 0.25) is 0 Å². The number of rotatable bonds is 4. The summed E-state index contributed by atoms with van der Waals surface area (Å²) in [6.07, 6.45) is -9.22.